The smallest absolute Gasteiger partial charge is 0.346 e. The number of nitrogens with one attached hydrogen (secondary N) is 1. The Morgan fingerprint density at radius 2 is 1.84 bits per heavy atom. The van der Waals surface area contributed by atoms with Crippen molar-refractivity contribution in [3.05, 3.63) is 63.1 Å². The third-order valence-corrected chi connectivity index (χ3v) is 6.87. The third-order valence-electron chi connectivity index (χ3n) is 5.89. The van der Waals surface area contributed by atoms with E-state index in [1.807, 2.05) is 6.92 Å². The zero-order valence-corrected chi connectivity index (χ0v) is 21.2. The number of unbranched alkanes of at least 4 members (excludes halogenated alkanes) is 1. The molecule has 9 nitrogen and oxygen atoms in total. The van der Waals surface area contributed by atoms with Crippen LogP contribution in [0.25, 0.3) is 0 Å². The van der Waals surface area contributed by atoms with E-state index >= 15 is 4.39 Å². The molecule has 0 amide bonds. The van der Waals surface area contributed by atoms with Gasteiger partial charge in [-0.25, -0.2) is 18.0 Å². The standard InChI is InChI=1S/C25H25F3N2O7S/c1-3-4-7-36-18-8-14(27)16(9-19(18)37-10-12-17(35-2)6-5-13(26)21(12)28)30-23(31)20-15(29-25(30)34)11-38-22(20)24(32)33/h5-6,8-9,11,23,25,29,31,34H,3-4,7,10H2,1-2H3,(H,32,33). The lowest BCUT2D eigenvalue weighted by atomic mass is 10.1. The van der Waals surface area contributed by atoms with Gasteiger partial charge in [0.15, 0.2) is 35.2 Å². The summed E-state index contributed by atoms with van der Waals surface area (Å²) in [5, 5.41) is 35.2. The first-order valence-corrected chi connectivity index (χ1v) is 12.4. The van der Waals surface area contributed by atoms with Gasteiger partial charge in [-0.3, -0.25) is 4.90 Å². The summed E-state index contributed by atoms with van der Waals surface area (Å²) in [6.45, 7) is 1.61. The van der Waals surface area contributed by atoms with E-state index < -0.39 is 42.6 Å². The van der Waals surface area contributed by atoms with Crippen LogP contribution in [0.1, 0.15) is 46.8 Å². The number of thiophene rings is 1. The van der Waals surface area contributed by atoms with E-state index in [0.717, 1.165) is 40.9 Å². The first kappa shape index (κ1) is 27.4. The Morgan fingerprint density at radius 3 is 2.53 bits per heavy atom. The molecule has 1 aliphatic heterocycles. The number of halogens is 3. The highest BCUT2D eigenvalue weighted by molar-refractivity contribution is 7.12. The molecule has 2 aromatic carbocycles. The zero-order chi connectivity index (χ0) is 27.6. The summed E-state index contributed by atoms with van der Waals surface area (Å²) in [7, 11) is 1.28. The second-order valence-electron chi connectivity index (χ2n) is 8.28. The van der Waals surface area contributed by atoms with Gasteiger partial charge in [-0.1, -0.05) is 13.3 Å². The monoisotopic (exact) mass is 554 g/mol. The Hall–Kier alpha value is -3.68. The number of hydrogen-bond acceptors (Lipinski definition) is 9. The predicted octanol–water partition coefficient (Wildman–Crippen LogP) is 4.83. The van der Waals surface area contributed by atoms with E-state index in [9.17, 15) is 28.9 Å². The maximum atomic E-state index is 15.4. The van der Waals surface area contributed by atoms with Crippen molar-refractivity contribution in [2.24, 2.45) is 0 Å². The van der Waals surface area contributed by atoms with Crippen molar-refractivity contribution in [3.63, 3.8) is 0 Å². The van der Waals surface area contributed by atoms with Crippen LogP contribution in [0.2, 0.25) is 0 Å². The molecule has 0 saturated carbocycles. The number of aliphatic hydroxyl groups is 2. The fraction of sp³-hybridized carbons (Fsp3) is 0.320. The maximum Gasteiger partial charge on any atom is 0.346 e. The molecule has 13 heteroatoms. The van der Waals surface area contributed by atoms with Crippen LogP contribution in [0.3, 0.4) is 0 Å². The number of carbonyl (C=O) groups is 1. The van der Waals surface area contributed by atoms with Gasteiger partial charge in [-0.05, 0) is 18.6 Å². The van der Waals surface area contributed by atoms with Crippen LogP contribution in [-0.2, 0) is 6.61 Å². The SMILES string of the molecule is CCCCOc1cc(F)c(N2C(O)Nc3csc(C(=O)O)c3C2O)cc1OCc1c(OC)ccc(F)c1F. The van der Waals surface area contributed by atoms with E-state index in [4.69, 9.17) is 14.2 Å². The van der Waals surface area contributed by atoms with Crippen LogP contribution in [0.15, 0.2) is 29.6 Å². The highest BCUT2D eigenvalue weighted by Gasteiger charge is 2.38. The number of benzene rings is 2. The summed E-state index contributed by atoms with van der Waals surface area (Å²) in [5.41, 5.74) is -0.458. The van der Waals surface area contributed by atoms with Crippen LogP contribution in [0.4, 0.5) is 24.5 Å². The number of anilines is 2. The fourth-order valence-electron chi connectivity index (χ4n) is 3.97. The number of nitrogens with zero attached hydrogens (tertiary/aromatic N) is 1. The van der Waals surface area contributed by atoms with Crippen molar-refractivity contribution in [1.82, 2.24) is 0 Å². The van der Waals surface area contributed by atoms with Gasteiger partial charge in [0.1, 0.15) is 17.2 Å². The van der Waals surface area contributed by atoms with Crippen LogP contribution >= 0.6 is 11.3 Å². The van der Waals surface area contributed by atoms with Crippen LogP contribution in [-0.4, -0.2) is 41.4 Å². The summed E-state index contributed by atoms with van der Waals surface area (Å²) >= 11 is 0.833. The number of carboxylic acid groups (broad SMARTS) is 1. The minimum absolute atomic E-state index is 0.0250. The zero-order valence-electron chi connectivity index (χ0n) is 20.3. The quantitative estimate of drug-likeness (QED) is 0.261. The second kappa shape index (κ2) is 11.4. The number of methoxy groups -OCH3 is 1. The minimum Gasteiger partial charge on any atom is -0.496 e. The van der Waals surface area contributed by atoms with Crippen LogP contribution in [0.5, 0.6) is 17.2 Å². The molecule has 38 heavy (non-hydrogen) atoms. The molecule has 0 spiro atoms. The Kier molecular flexibility index (Phi) is 8.19. The van der Waals surface area contributed by atoms with E-state index in [1.165, 1.54) is 18.6 Å². The molecule has 4 N–H and O–H groups in total. The number of aliphatic hydroxyl groups excluding tert-OH is 2. The summed E-state index contributed by atoms with van der Waals surface area (Å²) in [6.07, 6.45) is -1.96. The molecule has 1 aromatic heterocycles. The highest BCUT2D eigenvalue weighted by Crippen LogP contribution is 2.44. The number of ether oxygens (including phenoxy) is 3. The van der Waals surface area contributed by atoms with Crippen molar-refractivity contribution >= 4 is 28.7 Å². The summed E-state index contributed by atoms with van der Waals surface area (Å²) in [4.78, 5) is 12.3. The van der Waals surface area contributed by atoms with E-state index in [-0.39, 0.29) is 51.2 Å². The molecule has 204 valence electrons. The molecule has 0 saturated heterocycles. The number of carboxylic acids is 1. The number of hydrogen-bond donors (Lipinski definition) is 4. The third kappa shape index (κ3) is 5.17. The molecule has 0 bridgehead atoms. The second-order valence-corrected chi connectivity index (χ2v) is 9.16. The van der Waals surface area contributed by atoms with Gasteiger partial charge in [0.2, 0.25) is 6.35 Å². The van der Waals surface area contributed by atoms with Gasteiger partial charge in [0.25, 0.3) is 0 Å². The largest absolute Gasteiger partial charge is 0.496 e. The van der Waals surface area contributed by atoms with Crippen molar-refractivity contribution in [2.45, 2.75) is 39.0 Å². The van der Waals surface area contributed by atoms with Gasteiger partial charge in [-0.2, -0.15) is 0 Å². The molecule has 3 aromatic rings. The molecular formula is C25H25F3N2O7S. The lowest BCUT2D eigenvalue weighted by Crippen LogP contribution is -2.47. The summed E-state index contributed by atoms with van der Waals surface area (Å²) < 4.78 is 60.2. The Bertz CT molecular complexity index is 1340. The Labute approximate surface area is 219 Å². The van der Waals surface area contributed by atoms with Gasteiger partial charge >= 0.3 is 5.97 Å². The van der Waals surface area contributed by atoms with Crippen molar-refractivity contribution in [1.29, 1.82) is 0 Å². The minimum atomic E-state index is -1.74. The molecule has 4 rings (SSSR count). The fourth-order valence-corrected chi connectivity index (χ4v) is 4.84. The molecule has 0 aliphatic carbocycles. The predicted molar refractivity (Wildman–Crippen MR) is 132 cm³/mol. The topological polar surface area (TPSA) is 121 Å². The maximum absolute atomic E-state index is 15.4. The lowest BCUT2D eigenvalue weighted by molar-refractivity contribution is 0.0675. The first-order chi connectivity index (χ1) is 18.2. The molecule has 0 radical (unpaired) electrons. The lowest BCUT2D eigenvalue weighted by Gasteiger charge is -2.39. The highest BCUT2D eigenvalue weighted by atomic mass is 32.1. The first-order valence-electron chi connectivity index (χ1n) is 11.5. The van der Waals surface area contributed by atoms with Gasteiger partial charge in [0, 0.05) is 23.1 Å². The molecule has 2 atom stereocenters. The molecule has 2 unspecified atom stereocenters. The van der Waals surface area contributed by atoms with E-state index in [1.54, 1.807) is 0 Å². The molecular weight excluding hydrogens is 529 g/mol. The van der Waals surface area contributed by atoms with Crippen LogP contribution < -0.4 is 24.4 Å². The number of fused-ring (bicyclic) bond motifs is 1. The van der Waals surface area contributed by atoms with Crippen molar-refractivity contribution in [3.8, 4) is 17.2 Å². The van der Waals surface area contributed by atoms with E-state index in [0.29, 0.717) is 6.42 Å². The molecule has 0 fully saturated rings. The van der Waals surface area contributed by atoms with Gasteiger partial charge in [-0.15, -0.1) is 11.3 Å². The normalized spacial score (nSPS) is 16.6. The van der Waals surface area contributed by atoms with E-state index in [2.05, 4.69) is 5.32 Å². The summed E-state index contributed by atoms with van der Waals surface area (Å²) in [5.74, 6) is -4.65. The van der Waals surface area contributed by atoms with Gasteiger partial charge < -0.3 is 34.8 Å². The average Bonchev–Trinajstić information content (AvgIpc) is 3.31. The van der Waals surface area contributed by atoms with Crippen LogP contribution in [0, 0.1) is 17.5 Å². The molecule has 2 heterocycles. The Balaban J connectivity index is 1.74. The Morgan fingerprint density at radius 1 is 1.11 bits per heavy atom. The average molecular weight is 555 g/mol. The van der Waals surface area contributed by atoms with Gasteiger partial charge in [0.05, 0.1) is 30.7 Å². The molecule has 1 aliphatic rings. The van der Waals surface area contributed by atoms with Crippen molar-refractivity contribution in [2.75, 3.05) is 23.9 Å². The summed E-state index contributed by atoms with van der Waals surface area (Å²) in [6, 6.07) is 4.23. The number of rotatable bonds is 10. The van der Waals surface area contributed by atoms with Crippen molar-refractivity contribution < 1.29 is 47.5 Å². The number of aromatic carboxylic acids is 1.